The third kappa shape index (κ3) is 2.85. The van der Waals surface area contributed by atoms with E-state index in [4.69, 9.17) is 15.2 Å². The van der Waals surface area contributed by atoms with E-state index in [1.807, 2.05) is 20.8 Å². The molecule has 1 heterocycles. The standard InChI is InChI=1S/C9H18N2O3/c1-9(2,3)14-8(12)11-4-5-13-7(11)6-10/h7H,4-6,10H2,1-3H3. The Balaban J connectivity index is 2.52. The molecule has 82 valence electrons. The number of hydrogen-bond donors (Lipinski definition) is 1. The maximum Gasteiger partial charge on any atom is 0.412 e. The Morgan fingerprint density at radius 3 is 2.79 bits per heavy atom. The van der Waals surface area contributed by atoms with Crippen LogP contribution in [0, 0.1) is 0 Å². The van der Waals surface area contributed by atoms with E-state index in [9.17, 15) is 4.79 Å². The Morgan fingerprint density at radius 1 is 1.64 bits per heavy atom. The summed E-state index contributed by atoms with van der Waals surface area (Å²) in [6.45, 7) is 6.88. The van der Waals surface area contributed by atoms with Gasteiger partial charge >= 0.3 is 6.09 Å². The van der Waals surface area contributed by atoms with Crippen molar-refractivity contribution in [3.63, 3.8) is 0 Å². The Kier molecular flexibility index (Phi) is 3.34. The lowest BCUT2D eigenvalue weighted by Crippen LogP contribution is -2.43. The summed E-state index contributed by atoms with van der Waals surface area (Å²) in [6.07, 6.45) is -0.685. The maximum absolute atomic E-state index is 11.6. The molecule has 0 saturated carbocycles. The second kappa shape index (κ2) is 4.14. The zero-order valence-electron chi connectivity index (χ0n) is 8.95. The average molecular weight is 202 g/mol. The van der Waals surface area contributed by atoms with Gasteiger partial charge in [0.15, 0.2) is 0 Å². The molecule has 1 atom stereocenters. The van der Waals surface area contributed by atoms with Crippen molar-refractivity contribution >= 4 is 6.09 Å². The smallest absolute Gasteiger partial charge is 0.412 e. The Bertz CT molecular complexity index is 213. The maximum atomic E-state index is 11.6. The molecule has 1 unspecified atom stereocenters. The van der Waals surface area contributed by atoms with Crippen LogP contribution in [0.5, 0.6) is 0 Å². The second-order valence-electron chi connectivity index (χ2n) is 4.23. The summed E-state index contributed by atoms with van der Waals surface area (Å²) >= 11 is 0. The normalized spacial score (nSPS) is 22.6. The van der Waals surface area contributed by atoms with Crippen LogP contribution in [0.15, 0.2) is 0 Å². The quantitative estimate of drug-likeness (QED) is 0.674. The summed E-state index contributed by atoms with van der Waals surface area (Å²) in [5.41, 5.74) is 4.98. The van der Waals surface area contributed by atoms with Crippen molar-refractivity contribution in [1.29, 1.82) is 0 Å². The molecule has 1 saturated heterocycles. The molecule has 5 heteroatoms. The molecule has 0 aromatic rings. The van der Waals surface area contributed by atoms with Crippen LogP contribution in [-0.2, 0) is 9.47 Å². The highest BCUT2D eigenvalue weighted by Crippen LogP contribution is 2.15. The zero-order chi connectivity index (χ0) is 10.8. The fraction of sp³-hybridized carbons (Fsp3) is 0.889. The highest BCUT2D eigenvalue weighted by molar-refractivity contribution is 5.68. The number of rotatable bonds is 1. The number of carbonyl (C=O) groups is 1. The third-order valence-corrected chi connectivity index (χ3v) is 1.82. The first-order valence-corrected chi connectivity index (χ1v) is 4.75. The van der Waals surface area contributed by atoms with Crippen molar-refractivity contribution in [1.82, 2.24) is 4.90 Å². The van der Waals surface area contributed by atoms with Crippen molar-refractivity contribution in [3.8, 4) is 0 Å². The van der Waals surface area contributed by atoms with Gasteiger partial charge in [0, 0.05) is 6.54 Å². The number of nitrogens with zero attached hydrogens (tertiary/aromatic N) is 1. The molecule has 0 aromatic heterocycles. The molecule has 1 aliphatic rings. The topological polar surface area (TPSA) is 64.8 Å². The summed E-state index contributed by atoms with van der Waals surface area (Å²) in [6, 6.07) is 0. The predicted molar refractivity (Wildman–Crippen MR) is 51.7 cm³/mol. The monoisotopic (exact) mass is 202 g/mol. The van der Waals surface area contributed by atoms with Crippen molar-refractivity contribution in [2.45, 2.75) is 32.6 Å². The summed E-state index contributed by atoms with van der Waals surface area (Å²) < 4.78 is 10.5. The minimum Gasteiger partial charge on any atom is -0.444 e. The highest BCUT2D eigenvalue weighted by atomic mass is 16.6. The molecule has 5 nitrogen and oxygen atoms in total. The number of ether oxygens (including phenoxy) is 2. The van der Waals surface area contributed by atoms with Gasteiger partial charge in [0.25, 0.3) is 0 Å². The van der Waals surface area contributed by atoms with Gasteiger partial charge in [-0.05, 0) is 20.8 Å². The molecule has 0 spiro atoms. The van der Waals surface area contributed by atoms with Gasteiger partial charge in [0.2, 0.25) is 0 Å². The first kappa shape index (κ1) is 11.3. The number of nitrogens with two attached hydrogens (primary N) is 1. The SMILES string of the molecule is CC(C)(C)OC(=O)N1CCOC1CN. The zero-order valence-corrected chi connectivity index (χ0v) is 8.95. The van der Waals surface area contributed by atoms with Crippen molar-refractivity contribution in [3.05, 3.63) is 0 Å². The second-order valence-corrected chi connectivity index (χ2v) is 4.23. The van der Waals surface area contributed by atoms with E-state index in [1.54, 1.807) is 0 Å². The number of carbonyl (C=O) groups excluding carboxylic acids is 1. The minimum absolute atomic E-state index is 0.305. The van der Waals surface area contributed by atoms with Crippen molar-refractivity contribution < 1.29 is 14.3 Å². The van der Waals surface area contributed by atoms with Gasteiger partial charge in [0.05, 0.1) is 13.2 Å². The van der Waals surface area contributed by atoms with Crippen LogP contribution in [0.3, 0.4) is 0 Å². The van der Waals surface area contributed by atoms with Gasteiger partial charge < -0.3 is 15.2 Å². The van der Waals surface area contributed by atoms with Crippen LogP contribution < -0.4 is 5.73 Å². The summed E-state index contributed by atoms with van der Waals surface area (Å²) in [7, 11) is 0. The van der Waals surface area contributed by atoms with Gasteiger partial charge in [-0.3, -0.25) is 4.90 Å². The first-order chi connectivity index (χ1) is 6.44. The lowest BCUT2D eigenvalue weighted by molar-refractivity contribution is -0.00543. The van der Waals surface area contributed by atoms with Crippen LogP contribution in [0.1, 0.15) is 20.8 Å². The van der Waals surface area contributed by atoms with Gasteiger partial charge in [-0.15, -0.1) is 0 Å². The van der Waals surface area contributed by atoms with Crippen LogP contribution in [0.4, 0.5) is 4.79 Å². The van der Waals surface area contributed by atoms with E-state index >= 15 is 0 Å². The van der Waals surface area contributed by atoms with E-state index in [1.165, 1.54) is 4.90 Å². The molecule has 0 aromatic carbocycles. The molecule has 14 heavy (non-hydrogen) atoms. The fourth-order valence-electron chi connectivity index (χ4n) is 1.25. The van der Waals surface area contributed by atoms with Crippen molar-refractivity contribution in [2.24, 2.45) is 5.73 Å². The van der Waals surface area contributed by atoms with E-state index in [0.29, 0.717) is 19.7 Å². The van der Waals surface area contributed by atoms with Crippen LogP contribution in [0.25, 0.3) is 0 Å². The molecule has 1 fully saturated rings. The molecular weight excluding hydrogens is 184 g/mol. The van der Waals surface area contributed by atoms with E-state index < -0.39 is 5.60 Å². The molecule has 1 amide bonds. The predicted octanol–water partition coefficient (Wildman–Crippen LogP) is 0.539. The van der Waals surface area contributed by atoms with Crippen LogP contribution >= 0.6 is 0 Å². The molecule has 0 aliphatic carbocycles. The Hall–Kier alpha value is -0.810. The van der Waals surface area contributed by atoms with E-state index in [-0.39, 0.29) is 12.3 Å². The lowest BCUT2D eigenvalue weighted by atomic mass is 10.2. The summed E-state index contributed by atoms with van der Waals surface area (Å²) in [5.74, 6) is 0. The Morgan fingerprint density at radius 2 is 2.29 bits per heavy atom. The number of amides is 1. The highest BCUT2D eigenvalue weighted by Gasteiger charge is 2.31. The van der Waals surface area contributed by atoms with Gasteiger partial charge in [0.1, 0.15) is 11.8 Å². The molecule has 0 radical (unpaired) electrons. The summed E-state index contributed by atoms with van der Waals surface area (Å²) in [4.78, 5) is 13.1. The minimum atomic E-state index is -0.473. The molecule has 1 aliphatic heterocycles. The average Bonchev–Trinajstić information content (AvgIpc) is 2.47. The van der Waals surface area contributed by atoms with E-state index in [0.717, 1.165) is 0 Å². The molecule has 2 N–H and O–H groups in total. The fourth-order valence-corrected chi connectivity index (χ4v) is 1.25. The van der Waals surface area contributed by atoms with Gasteiger partial charge in [-0.1, -0.05) is 0 Å². The van der Waals surface area contributed by atoms with Crippen LogP contribution in [-0.4, -0.2) is 42.5 Å². The van der Waals surface area contributed by atoms with E-state index in [2.05, 4.69) is 0 Å². The largest absolute Gasteiger partial charge is 0.444 e. The molecule has 0 bridgehead atoms. The summed E-state index contributed by atoms with van der Waals surface area (Å²) in [5, 5.41) is 0. The molecular formula is C9H18N2O3. The first-order valence-electron chi connectivity index (χ1n) is 4.75. The third-order valence-electron chi connectivity index (χ3n) is 1.82. The van der Waals surface area contributed by atoms with Crippen molar-refractivity contribution in [2.75, 3.05) is 19.7 Å². The van der Waals surface area contributed by atoms with Gasteiger partial charge in [-0.25, -0.2) is 4.79 Å². The number of hydrogen-bond acceptors (Lipinski definition) is 4. The molecule has 1 rings (SSSR count). The Labute approximate surface area is 84.1 Å². The van der Waals surface area contributed by atoms with Crippen LogP contribution in [0.2, 0.25) is 0 Å². The lowest BCUT2D eigenvalue weighted by Gasteiger charge is -2.26. The van der Waals surface area contributed by atoms with Gasteiger partial charge in [-0.2, -0.15) is 0 Å².